The molecule has 0 amide bonds. The van der Waals surface area contributed by atoms with E-state index in [9.17, 15) is 0 Å². The van der Waals surface area contributed by atoms with Gasteiger partial charge in [-0.1, -0.05) is 26.8 Å². The van der Waals surface area contributed by atoms with E-state index in [0.29, 0.717) is 0 Å². The quantitative estimate of drug-likeness (QED) is 0.677. The third kappa shape index (κ3) is 2.65. The summed E-state index contributed by atoms with van der Waals surface area (Å²) in [6.45, 7) is 18.7. The van der Waals surface area contributed by atoms with Crippen LogP contribution in [-0.2, 0) is 5.41 Å². The largest absolute Gasteiger partial charge is 0.489 e. The lowest BCUT2D eigenvalue weighted by Crippen LogP contribution is -2.59. The molecule has 0 spiro atoms. The molecule has 0 radical (unpaired) electrons. The van der Waals surface area contributed by atoms with Crippen molar-refractivity contribution in [3.8, 4) is 5.75 Å². The molecule has 0 atom stereocenters. The van der Waals surface area contributed by atoms with Gasteiger partial charge < -0.3 is 9.64 Å². The maximum absolute atomic E-state index is 6.06. The van der Waals surface area contributed by atoms with Crippen LogP contribution in [0.15, 0.2) is 18.2 Å². The Hall–Kier alpha value is -1.18. The first kappa shape index (κ1) is 15.2. The van der Waals surface area contributed by atoms with E-state index in [1.807, 2.05) is 0 Å². The highest BCUT2D eigenvalue weighted by Crippen LogP contribution is 2.44. The third-order valence-corrected chi connectivity index (χ3v) is 3.92. The first-order valence-electron chi connectivity index (χ1n) is 7.51. The number of hydrogen-bond donors (Lipinski definition) is 0. The second kappa shape index (κ2) is 4.41. The molecule has 2 heteroatoms. The van der Waals surface area contributed by atoms with Crippen molar-refractivity contribution in [3.63, 3.8) is 0 Å². The molecule has 1 heterocycles. The predicted molar refractivity (Wildman–Crippen MR) is 86.9 cm³/mol. The molecule has 112 valence electrons. The van der Waals surface area contributed by atoms with Gasteiger partial charge in [-0.2, -0.15) is 0 Å². The Morgan fingerprint density at radius 2 is 1.65 bits per heavy atom. The van der Waals surface area contributed by atoms with Gasteiger partial charge in [0.1, 0.15) is 12.4 Å². The summed E-state index contributed by atoms with van der Waals surface area (Å²) >= 11 is 0. The van der Waals surface area contributed by atoms with E-state index in [2.05, 4.69) is 78.5 Å². The highest BCUT2D eigenvalue weighted by molar-refractivity contribution is 5.65. The van der Waals surface area contributed by atoms with Gasteiger partial charge in [0.15, 0.2) is 0 Å². The average molecular weight is 275 g/mol. The zero-order valence-electron chi connectivity index (χ0n) is 14.3. The van der Waals surface area contributed by atoms with Gasteiger partial charge in [0.25, 0.3) is 0 Å². The van der Waals surface area contributed by atoms with Gasteiger partial charge in [0.2, 0.25) is 0 Å². The number of anilines is 1. The monoisotopic (exact) mass is 275 g/mol. The van der Waals surface area contributed by atoms with Crippen LogP contribution < -0.4 is 9.64 Å². The van der Waals surface area contributed by atoms with E-state index in [4.69, 9.17) is 4.74 Å². The number of benzene rings is 1. The first-order chi connectivity index (χ1) is 8.93. The smallest absolute Gasteiger partial charge is 0.143 e. The molecule has 0 bridgehead atoms. The number of ether oxygens (including phenoxy) is 1. The number of rotatable bonds is 0. The zero-order chi connectivity index (χ0) is 15.3. The minimum atomic E-state index is 0.00843. The molecule has 0 N–H and O–H groups in total. The summed E-state index contributed by atoms with van der Waals surface area (Å²) in [4.78, 5) is 2.49. The summed E-state index contributed by atoms with van der Waals surface area (Å²) < 4.78 is 6.06. The van der Waals surface area contributed by atoms with Gasteiger partial charge in [0, 0.05) is 5.54 Å². The Kier molecular flexibility index (Phi) is 3.35. The minimum absolute atomic E-state index is 0.00843. The van der Waals surface area contributed by atoms with Crippen molar-refractivity contribution in [1.82, 2.24) is 0 Å². The van der Waals surface area contributed by atoms with Crippen molar-refractivity contribution in [2.45, 2.75) is 71.9 Å². The fourth-order valence-corrected chi connectivity index (χ4v) is 3.20. The van der Waals surface area contributed by atoms with E-state index in [1.54, 1.807) is 0 Å². The summed E-state index contributed by atoms with van der Waals surface area (Å²) in [7, 11) is 0. The second-order valence-corrected chi connectivity index (χ2v) is 8.54. The fraction of sp³-hybridized carbons (Fsp3) is 0.667. The Morgan fingerprint density at radius 1 is 1.05 bits per heavy atom. The van der Waals surface area contributed by atoms with Crippen LogP contribution in [0, 0.1) is 0 Å². The Morgan fingerprint density at radius 3 is 2.15 bits per heavy atom. The topological polar surface area (TPSA) is 12.5 Å². The van der Waals surface area contributed by atoms with Crippen molar-refractivity contribution in [2.24, 2.45) is 0 Å². The number of hydrogen-bond acceptors (Lipinski definition) is 2. The molecular formula is C18H29NO. The molecule has 20 heavy (non-hydrogen) atoms. The predicted octanol–water partition coefficient (Wildman–Crippen LogP) is 4.76. The maximum atomic E-state index is 6.06. The molecule has 1 aromatic rings. The van der Waals surface area contributed by atoms with E-state index in [1.165, 1.54) is 11.3 Å². The van der Waals surface area contributed by atoms with E-state index in [0.717, 1.165) is 12.4 Å². The van der Waals surface area contributed by atoms with Gasteiger partial charge in [-0.3, -0.25) is 0 Å². The third-order valence-electron chi connectivity index (χ3n) is 3.92. The van der Waals surface area contributed by atoms with Crippen LogP contribution in [0.25, 0.3) is 0 Å². The molecule has 1 aliphatic heterocycles. The summed E-state index contributed by atoms with van der Waals surface area (Å²) in [5, 5.41) is 0. The van der Waals surface area contributed by atoms with Crippen LogP contribution in [0.2, 0.25) is 0 Å². The van der Waals surface area contributed by atoms with Crippen molar-refractivity contribution in [3.05, 3.63) is 23.8 Å². The highest BCUT2D eigenvalue weighted by atomic mass is 16.5. The van der Waals surface area contributed by atoms with Crippen LogP contribution in [0.5, 0.6) is 5.75 Å². The molecule has 1 aliphatic rings. The SMILES string of the molecule is CC(C)(C)c1ccc2c(c1)OCC(C)(C)N2C(C)(C)C. The van der Waals surface area contributed by atoms with E-state index < -0.39 is 0 Å². The summed E-state index contributed by atoms with van der Waals surface area (Å²) in [5.74, 6) is 1.02. The van der Waals surface area contributed by atoms with Crippen molar-refractivity contribution >= 4 is 5.69 Å². The molecule has 0 aliphatic carbocycles. The Bertz CT molecular complexity index is 503. The number of nitrogens with zero attached hydrogens (tertiary/aromatic N) is 1. The van der Waals surface area contributed by atoms with Crippen LogP contribution in [-0.4, -0.2) is 17.7 Å². The van der Waals surface area contributed by atoms with Gasteiger partial charge in [-0.15, -0.1) is 0 Å². The van der Waals surface area contributed by atoms with Crippen molar-refractivity contribution in [1.29, 1.82) is 0 Å². The lowest BCUT2D eigenvalue weighted by Gasteiger charge is -2.52. The highest BCUT2D eigenvalue weighted by Gasteiger charge is 2.40. The zero-order valence-corrected chi connectivity index (χ0v) is 14.3. The maximum Gasteiger partial charge on any atom is 0.143 e. The second-order valence-electron chi connectivity index (χ2n) is 8.54. The molecule has 2 rings (SSSR count). The molecule has 1 aromatic carbocycles. The van der Waals surface area contributed by atoms with Crippen LogP contribution in [0.3, 0.4) is 0 Å². The summed E-state index contributed by atoms with van der Waals surface area (Å²) in [5.41, 5.74) is 2.77. The van der Waals surface area contributed by atoms with E-state index in [-0.39, 0.29) is 16.5 Å². The van der Waals surface area contributed by atoms with Crippen LogP contribution in [0.4, 0.5) is 5.69 Å². The van der Waals surface area contributed by atoms with Crippen LogP contribution in [0.1, 0.15) is 61.0 Å². The molecule has 0 saturated heterocycles. The first-order valence-corrected chi connectivity index (χ1v) is 7.51. The lowest BCUT2D eigenvalue weighted by atomic mass is 9.85. The summed E-state index contributed by atoms with van der Waals surface area (Å²) in [6.07, 6.45) is 0. The number of fused-ring (bicyclic) bond motifs is 1. The summed E-state index contributed by atoms with van der Waals surface area (Å²) in [6, 6.07) is 6.67. The average Bonchev–Trinajstić information content (AvgIpc) is 2.23. The molecule has 2 nitrogen and oxygen atoms in total. The molecule has 0 saturated carbocycles. The van der Waals surface area contributed by atoms with Gasteiger partial charge in [-0.05, 0) is 57.7 Å². The van der Waals surface area contributed by atoms with E-state index >= 15 is 0 Å². The molecule has 0 unspecified atom stereocenters. The lowest BCUT2D eigenvalue weighted by molar-refractivity contribution is 0.188. The van der Waals surface area contributed by atoms with Gasteiger partial charge in [-0.25, -0.2) is 0 Å². The fourth-order valence-electron chi connectivity index (χ4n) is 3.20. The van der Waals surface area contributed by atoms with Gasteiger partial charge >= 0.3 is 0 Å². The molecule has 0 fully saturated rings. The standard InChI is InChI=1S/C18H29NO/c1-16(2,3)13-9-10-14-15(11-13)20-12-18(7,8)19(14)17(4,5)6/h9-11H,12H2,1-8H3. The van der Waals surface area contributed by atoms with Gasteiger partial charge in [0.05, 0.1) is 11.2 Å². The molecule has 0 aromatic heterocycles. The van der Waals surface area contributed by atoms with Crippen LogP contribution >= 0.6 is 0 Å². The normalized spacial score (nSPS) is 18.5. The molecular weight excluding hydrogens is 246 g/mol. The van der Waals surface area contributed by atoms with Crippen molar-refractivity contribution in [2.75, 3.05) is 11.5 Å². The minimum Gasteiger partial charge on any atom is -0.489 e. The Labute approximate surface area is 124 Å². The van der Waals surface area contributed by atoms with Crippen molar-refractivity contribution < 1.29 is 4.74 Å². The Balaban J connectivity index is 2.54.